The topological polar surface area (TPSA) is 75.8 Å². The van der Waals surface area contributed by atoms with Crippen molar-refractivity contribution in [1.82, 2.24) is 0 Å². The Balaban J connectivity index is 0.00000341. The second kappa shape index (κ2) is 9.82. The molecule has 1 amide bonds. The van der Waals surface area contributed by atoms with Crippen LogP contribution in [0.3, 0.4) is 0 Å². The number of amides is 1. The second-order valence-electron chi connectivity index (χ2n) is 7.11. The van der Waals surface area contributed by atoms with E-state index in [1.54, 1.807) is 37.3 Å². The van der Waals surface area contributed by atoms with Crippen molar-refractivity contribution in [3.05, 3.63) is 65.2 Å². The SMILES string of the molecule is CC1=NN(c2cccc(C#CCN)c2)C(=O)C1C(=O)Cc1cccc(C(C)(F)F)c1.Cl. The Bertz CT molecular complexity index is 1080. The maximum Gasteiger partial charge on any atom is 0.270 e. The van der Waals surface area contributed by atoms with E-state index in [1.807, 2.05) is 0 Å². The number of carbonyl (C=O) groups excluding carboxylic acids is 2. The van der Waals surface area contributed by atoms with Crippen LogP contribution in [-0.4, -0.2) is 23.9 Å². The molecule has 0 bridgehead atoms. The third-order valence-electron chi connectivity index (χ3n) is 4.69. The third kappa shape index (κ3) is 5.54. The Labute approximate surface area is 185 Å². The fourth-order valence-corrected chi connectivity index (χ4v) is 3.25. The number of rotatable bonds is 5. The van der Waals surface area contributed by atoms with Gasteiger partial charge in [-0.25, -0.2) is 8.78 Å². The van der Waals surface area contributed by atoms with Gasteiger partial charge < -0.3 is 5.73 Å². The summed E-state index contributed by atoms with van der Waals surface area (Å²) in [5.74, 6) is 0.716. The molecule has 0 aliphatic carbocycles. The smallest absolute Gasteiger partial charge is 0.270 e. The minimum absolute atomic E-state index is 0. The minimum Gasteiger partial charge on any atom is -0.320 e. The van der Waals surface area contributed by atoms with Crippen molar-refractivity contribution < 1.29 is 18.4 Å². The summed E-state index contributed by atoms with van der Waals surface area (Å²) in [5, 5.41) is 5.43. The summed E-state index contributed by atoms with van der Waals surface area (Å²) in [7, 11) is 0. The molecule has 2 aromatic rings. The lowest BCUT2D eigenvalue weighted by Crippen LogP contribution is -2.33. The van der Waals surface area contributed by atoms with E-state index >= 15 is 0 Å². The van der Waals surface area contributed by atoms with Gasteiger partial charge in [-0.15, -0.1) is 12.4 Å². The van der Waals surface area contributed by atoms with E-state index in [-0.39, 0.29) is 36.7 Å². The molecule has 2 aromatic carbocycles. The Morgan fingerprint density at radius 2 is 1.94 bits per heavy atom. The summed E-state index contributed by atoms with van der Waals surface area (Å²) >= 11 is 0. The molecule has 0 radical (unpaired) electrons. The number of hydrazone groups is 1. The first kappa shape index (κ1) is 24.2. The van der Waals surface area contributed by atoms with Crippen LogP contribution < -0.4 is 10.7 Å². The Morgan fingerprint density at radius 3 is 2.61 bits per heavy atom. The van der Waals surface area contributed by atoms with Crippen molar-refractivity contribution in [3.63, 3.8) is 0 Å². The van der Waals surface area contributed by atoms with Crippen LogP contribution in [0.5, 0.6) is 0 Å². The van der Waals surface area contributed by atoms with E-state index in [1.165, 1.54) is 23.2 Å². The number of alkyl halides is 2. The number of hydrogen-bond acceptors (Lipinski definition) is 4. The summed E-state index contributed by atoms with van der Waals surface area (Å²) in [6.07, 6.45) is -0.136. The van der Waals surface area contributed by atoms with Crippen LogP contribution in [0.1, 0.15) is 30.5 Å². The third-order valence-corrected chi connectivity index (χ3v) is 4.69. The molecule has 1 unspecified atom stereocenters. The molecule has 1 atom stereocenters. The van der Waals surface area contributed by atoms with E-state index in [0.29, 0.717) is 22.5 Å². The van der Waals surface area contributed by atoms with Crippen LogP contribution in [-0.2, 0) is 21.9 Å². The normalized spacial score (nSPS) is 15.6. The largest absolute Gasteiger partial charge is 0.320 e. The number of halogens is 3. The van der Waals surface area contributed by atoms with Gasteiger partial charge in [0.05, 0.1) is 17.9 Å². The van der Waals surface area contributed by atoms with Crippen molar-refractivity contribution >= 4 is 35.5 Å². The van der Waals surface area contributed by atoms with Crippen molar-refractivity contribution in [1.29, 1.82) is 0 Å². The minimum atomic E-state index is -3.01. The number of Topliss-reactive ketones (excluding diaryl/α,β-unsaturated/α-hetero) is 1. The highest BCUT2D eigenvalue weighted by molar-refractivity contribution is 6.27. The molecule has 1 aliphatic heterocycles. The Hall–Kier alpha value is -3.08. The molecule has 3 rings (SSSR count). The zero-order valence-electron chi connectivity index (χ0n) is 17.1. The molecule has 0 saturated heterocycles. The van der Waals surface area contributed by atoms with Crippen molar-refractivity contribution in [2.24, 2.45) is 16.8 Å². The van der Waals surface area contributed by atoms with Crippen LogP contribution in [0.25, 0.3) is 0 Å². The highest BCUT2D eigenvalue weighted by Crippen LogP contribution is 2.29. The van der Waals surface area contributed by atoms with Gasteiger partial charge >= 0.3 is 0 Å². The number of nitrogens with zero attached hydrogens (tertiary/aromatic N) is 2. The standard InChI is InChI=1S/C23H21F2N3O2.ClH/c1-15-21(20(29)14-17-7-3-9-18(12-17)23(2,24)25)22(30)28(27-15)19-10-4-6-16(13-19)8-5-11-26;/h3-4,6-7,9-10,12-13,21H,11,14,26H2,1-2H3;1H. The molecule has 8 heteroatoms. The predicted molar refractivity (Wildman–Crippen MR) is 118 cm³/mol. The van der Waals surface area contributed by atoms with E-state index < -0.39 is 17.7 Å². The highest BCUT2D eigenvalue weighted by atomic mass is 35.5. The Kier molecular flexibility index (Phi) is 7.66. The lowest BCUT2D eigenvalue weighted by atomic mass is 9.93. The molecule has 162 valence electrons. The molecule has 0 aromatic heterocycles. The van der Waals surface area contributed by atoms with Crippen LogP contribution in [0.4, 0.5) is 14.5 Å². The van der Waals surface area contributed by atoms with Gasteiger partial charge in [-0.2, -0.15) is 10.1 Å². The van der Waals surface area contributed by atoms with Crippen LogP contribution >= 0.6 is 12.4 Å². The van der Waals surface area contributed by atoms with Gasteiger partial charge in [-0.05, 0) is 36.8 Å². The van der Waals surface area contributed by atoms with Crippen LogP contribution in [0, 0.1) is 17.8 Å². The predicted octanol–water partition coefficient (Wildman–Crippen LogP) is 3.68. The van der Waals surface area contributed by atoms with E-state index in [9.17, 15) is 18.4 Å². The van der Waals surface area contributed by atoms with E-state index in [4.69, 9.17) is 5.73 Å². The van der Waals surface area contributed by atoms with E-state index in [0.717, 1.165) is 6.92 Å². The maximum atomic E-state index is 13.6. The first-order valence-electron chi connectivity index (χ1n) is 9.38. The molecule has 0 saturated carbocycles. The van der Waals surface area contributed by atoms with Gasteiger partial charge in [0.2, 0.25) is 0 Å². The molecular formula is C23H22ClF2N3O2. The quantitative estimate of drug-likeness (QED) is 0.563. The van der Waals surface area contributed by atoms with Gasteiger partial charge in [0, 0.05) is 24.5 Å². The number of benzene rings is 2. The molecule has 31 heavy (non-hydrogen) atoms. The number of ketones is 1. The van der Waals surface area contributed by atoms with Crippen molar-refractivity contribution in [2.45, 2.75) is 26.2 Å². The van der Waals surface area contributed by atoms with Gasteiger partial charge in [0.15, 0.2) is 5.78 Å². The second-order valence-corrected chi connectivity index (χ2v) is 7.11. The number of hydrogen-bond donors (Lipinski definition) is 1. The number of carbonyl (C=O) groups is 2. The van der Waals surface area contributed by atoms with Crippen LogP contribution in [0.2, 0.25) is 0 Å². The lowest BCUT2D eigenvalue weighted by Gasteiger charge is -2.15. The zero-order chi connectivity index (χ0) is 21.9. The molecule has 1 aliphatic rings. The Morgan fingerprint density at radius 1 is 1.23 bits per heavy atom. The first-order chi connectivity index (χ1) is 14.2. The molecule has 1 heterocycles. The van der Waals surface area contributed by atoms with Gasteiger partial charge in [0.1, 0.15) is 5.92 Å². The summed E-state index contributed by atoms with van der Waals surface area (Å²) in [6.45, 7) is 2.62. The number of anilines is 1. The first-order valence-corrected chi connectivity index (χ1v) is 9.38. The fourth-order valence-electron chi connectivity index (χ4n) is 3.25. The maximum absolute atomic E-state index is 13.6. The van der Waals surface area contributed by atoms with Gasteiger partial charge in [-0.3, -0.25) is 9.59 Å². The van der Waals surface area contributed by atoms with Crippen molar-refractivity contribution in [3.8, 4) is 11.8 Å². The summed E-state index contributed by atoms with van der Waals surface area (Å²) in [4.78, 5) is 25.7. The van der Waals surface area contributed by atoms with Crippen molar-refractivity contribution in [2.75, 3.05) is 11.6 Å². The van der Waals surface area contributed by atoms with Crippen LogP contribution in [0.15, 0.2) is 53.6 Å². The van der Waals surface area contributed by atoms with Gasteiger partial charge in [-0.1, -0.05) is 36.1 Å². The average Bonchev–Trinajstić information content (AvgIpc) is 3.00. The summed E-state index contributed by atoms with van der Waals surface area (Å²) < 4.78 is 27.1. The highest BCUT2D eigenvalue weighted by Gasteiger charge is 2.39. The molecule has 2 N–H and O–H groups in total. The lowest BCUT2D eigenvalue weighted by molar-refractivity contribution is -0.128. The zero-order valence-corrected chi connectivity index (χ0v) is 17.9. The van der Waals surface area contributed by atoms with Gasteiger partial charge in [0.25, 0.3) is 11.8 Å². The molecular weight excluding hydrogens is 424 g/mol. The molecule has 0 fully saturated rings. The monoisotopic (exact) mass is 445 g/mol. The molecule has 5 nitrogen and oxygen atoms in total. The number of nitrogens with two attached hydrogens (primary N) is 1. The van der Waals surface area contributed by atoms with E-state index in [2.05, 4.69) is 16.9 Å². The average molecular weight is 446 g/mol. The fraction of sp³-hybridized carbons (Fsp3) is 0.261. The molecule has 0 spiro atoms. The summed E-state index contributed by atoms with van der Waals surface area (Å²) in [6, 6.07) is 12.6. The summed E-state index contributed by atoms with van der Waals surface area (Å²) in [5.41, 5.74) is 7.17.